The molecule has 0 aliphatic heterocycles. The van der Waals surface area contributed by atoms with Gasteiger partial charge in [0.2, 0.25) is 0 Å². The van der Waals surface area contributed by atoms with E-state index >= 15 is 0 Å². The zero-order chi connectivity index (χ0) is 21.1. The summed E-state index contributed by atoms with van der Waals surface area (Å²) in [5, 5.41) is 10.2. The molecule has 0 spiro atoms. The first kappa shape index (κ1) is 19.6. The molecule has 2 N–H and O–H groups in total. The van der Waals surface area contributed by atoms with Crippen molar-refractivity contribution in [2.45, 2.75) is 6.92 Å². The van der Waals surface area contributed by atoms with Crippen molar-refractivity contribution in [1.82, 2.24) is 10.2 Å². The van der Waals surface area contributed by atoms with Crippen LogP contribution in [0.2, 0.25) is 5.02 Å². The number of hydrogen-bond acceptors (Lipinski definition) is 3. The molecule has 0 aliphatic rings. The van der Waals surface area contributed by atoms with Crippen molar-refractivity contribution in [3.63, 3.8) is 0 Å². The molecule has 0 radical (unpaired) electrons. The van der Waals surface area contributed by atoms with Gasteiger partial charge in [-0.3, -0.25) is 9.59 Å². The van der Waals surface area contributed by atoms with Crippen LogP contribution >= 0.6 is 11.6 Å². The minimum absolute atomic E-state index is 0.00408. The van der Waals surface area contributed by atoms with Gasteiger partial charge in [0.15, 0.2) is 0 Å². The fraction of sp³-hybridized carbons (Fsp3) is 0.0417. The van der Waals surface area contributed by atoms with Gasteiger partial charge < -0.3 is 5.32 Å². The summed E-state index contributed by atoms with van der Waals surface area (Å²) in [6, 6.07) is 23.9. The first-order valence-electron chi connectivity index (χ1n) is 9.35. The highest BCUT2D eigenvalue weighted by Crippen LogP contribution is 2.32. The average molecular weight is 416 g/mol. The number of nitrogens with zero attached hydrogens (tertiary/aromatic N) is 1. The van der Waals surface area contributed by atoms with Crippen LogP contribution in [0.15, 0.2) is 83.7 Å². The summed E-state index contributed by atoms with van der Waals surface area (Å²) in [7, 11) is 0. The molecule has 0 bridgehead atoms. The number of aromatic amines is 1. The molecule has 0 atom stereocenters. The summed E-state index contributed by atoms with van der Waals surface area (Å²) in [6.45, 7) is 1.84. The Balaban J connectivity index is 1.90. The lowest BCUT2D eigenvalue weighted by atomic mass is 9.95. The van der Waals surface area contributed by atoms with Crippen LogP contribution in [0, 0.1) is 6.92 Å². The van der Waals surface area contributed by atoms with Crippen molar-refractivity contribution in [2.24, 2.45) is 0 Å². The molecule has 1 heterocycles. The molecule has 1 amide bonds. The molecule has 0 aliphatic carbocycles. The highest BCUT2D eigenvalue weighted by Gasteiger charge is 2.23. The van der Waals surface area contributed by atoms with Crippen molar-refractivity contribution in [3.8, 4) is 22.4 Å². The normalized spacial score (nSPS) is 10.6. The fourth-order valence-electron chi connectivity index (χ4n) is 3.31. The van der Waals surface area contributed by atoms with E-state index in [2.05, 4.69) is 15.5 Å². The first-order valence-corrected chi connectivity index (χ1v) is 9.73. The maximum Gasteiger partial charge on any atom is 0.277 e. The topological polar surface area (TPSA) is 74.8 Å². The van der Waals surface area contributed by atoms with Crippen LogP contribution in [0.4, 0.5) is 5.69 Å². The number of nitrogens with one attached hydrogen (secondary N) is 2. The van der Waals surface area contributed by atoms with Crippen LogP contribution in [-0.4, -0.2) is 16.1 Å². The second-order valence-electron chi connectivity index (χ2n) is 6.80. The molecule has 1 aromatic heterocycles. The molecule has 5 nitrogen and oxygen atoms in total. The second-order valence-corrected chi connectivity index (χ2v) is 7.23. The van der Waals surface area contributed by atoms with E-state index < -0.39 is 11.5 Å². The maximum atomic E-state index is 13.3. The van der Waals surface area contributed by atoms with E-state index in [9.17, 15) is 9.59 Å². The van der Waals surface area contributed by atoms with Crippen LogP contribution in [0.25, 0.3) is 22.4 Å². The van der Waals surface area contributed by atoms with E-state index in [1.807, 2.05) is 67.6 Å². The van der Waals surface area contributed by atoms with Gasteiger partial charge in [-0.25, -0.2) is 5.10 Å². The Labute approximate surface area is 178 Å². The molecule has 4 rings (SSSR count). The number of anilines is 1. The predicted octanol–water partition coefficient (Wildman–Crippen LogP) is 5.32. The summed E-state index contributed by atoms with van der Waals surface area (Å²) in [5.74, 6) is -0.514. The van der Waals surface area contributed by atoms with Gasteiger partial charge in [-0.2, -0.15) is 5.10 Å². The van der Waals surface area contributed by atoms with Crippen LogP contribution in [0.1, 0.15) is 15.9 Å². The van der Waals surface area contributed by atoms with Gasteiger partial charge in [-0.1, -0.05) is 72.3 Å². The van der Waals surface area contributed by atoms with Crippen molar-refractivity contribution in [2.75, 3.05) is 5.32 Å². The Hall–Kier alpha value is -3.70. The standard InChI is InChI=1S/C24H18ClN3O2/c1-15-14-18(25)12-13-19(15)26-23(29)21-20(16-8-4-2-5-9-16)22(27-28-24(21)30)17-10-6-3-7-11-17/h2-14H,1H3,(H,26,29)(H,28,30). The SMILES string of the molecule is Cc1cc(Cl)ccc1NC(=O)c1c(-c2ccccc2)c(-c2ccccc2)n[nH]c1=O. The number of H-pyrrole nitrogens is 1. The Bertz CT molecular complexity index is 1270. The number of hydrogen-bond donors (Lipinski definition) is 2. The number of aryl methyl sites for hydroxylation is 1. The van der Waals surface area contributed by atoms with Gasteiger partial charge in [0.05, 0.1) is 5.69 Å². The van der Waals surface area contributed by atoms with E-state index in [1.54, 1.807) is 18.2 Å². The lowest BCUT2D eigenvalue weighted by Gasteiger charge is -2.14. The number of carbonyl (C=O) groups excluding carboxylic acids is 1. The Morgan fingerprint density at radius 3 is 2.20 bits per heavy atom. The van der Waals surface area contributed by atoms with Gasteiger partial charge >= 0.3 is 0 Å². The lowest BCUT2D eigenvalue weighted by molar-refractivity contribution is 0.102. The van der Waals surface area contributed by atoms with Gasteiger partial charge in [0.1, 0.15) is 5.56 Å². The largest absolute Gasteiger partial charge is 0.322 e. The molecular weight excluding hydrogens is 398 g/mol. The summed E-state index contributed by atoms with van der Waals surface area (Å²) >= 11 is 6.01. The first-order chi connectivity index (χ1) is 14.5. The molecule has 0 fully saturated rings. The van der Waals surface area contributed by atoms with Crippen LogP contribution in [0.3, 0.4) is 0 Å². The number of amides is 1. The van der Waals surface area contributed by atoms with E-state index in [-0.39, 0.29) is 5.56 Å². The lowest BCUT2D eigenvalue weighted by Crippen LogP contribution is -2.26. The minimum Gasteiger partial charge on any atom is -0.322 e. The summed E-state index contributed by atoms with van der Waals surface area (Å²) in [6.07, 6.45) is 0. The van der Waals surface area contributed by atoms with E-state index in [0.29, 0.717) is 22.0 Å². The number of rotatable bonds is 4. The van der Waals surface area contributed by atoms with E-state index in [0.717, 1.165) is 16.7 Å². The molecule has 30 heavy (non-hydrogen) atoms. The molecule has 0 saturated carbocycles. The van der Waals surface area contributed by atoms with Crippen LogP contribution < -0.4 is 10.9 Å². The van der Waals surface area contributed by atoms with Gasteiger partial charge in [0.25, 0.3) is 11.5 Å². The van der Waals surface area contributed by atoms with Crippen molar-refractivity contribution in [3.05, 3.63) is 105 Å². The molecule has 148 valence electrons. The maximum absolute atomic E-state index is 13.3. The molecular formula is C24H18ClN3O2. The van der Waals surface area contributed by atoms with Crippen LogP contribution in [-0.2, 0) is 0 Å². The Morgan fingerprint density at radius 2 is 1.57 bits per heavy atom. The number of aromatic nitrogens is 2. The van der Waals surface area contributed by atoms with Gasteiger partial charge in [0, 0.05) is 21.8 Å². The van der Waals surface area contributed by atoms with Crippen molar-refractivity contribution in [1.29, 1.82) is 0 Å². The third-order valence-corrected chi connectivity index (χ3v) is 4.99. The average Bonchev–Trinajstić information content (AvgIpc) is 2.76. The van der Waals surface area contributed by atoms with Crippen molar-refractivity contribution < 1.29 is 4.79 Å². The predicted molar refractivity (Wildman–Crippen MR) is 120 cm³/mol. The van der Waals surface area contributed by atoms with Crippen molar-refractivity contribution >= 4 is 23.2 Å². The Morgan fingerprint density at radius 1 is 0.933 bits per heavy atom. The molecule has 0 unspecified atom stereocenters. The quantitative estimate of drug-likeness (QED) is 0.473. The minimum atomic E-state index is -0.558. The highest BCUT2D eigenvalue weighted by atomic mass is 35.5. The number of carbonyl (C=O) groups is 1. The fourth-order valence-corrected chi connectivity index (χ4v) is 3.54. The summed E-state index contributed by atoms with van der Waals surface area (Å²) < 4.78 is 0. The number of benzene rings is 3. The van der Waals surface area contributed by atoms with Gasteiger partial charge in [-0.05, 0) is 36.2 Å². The van der Waals surface area contributed by atoms with E-state index in [4.69, 9.17) is 11.6 Å². The number of halogens is 1. The molecule has 6 heteroatoms. The zero-order valence-electron chi connectivity index (χ0n) is 16.1. The van der Waals surface area contributed by atoms with E-state index in [1.165, 1.54) is 0 Å². The monoisotopic (exact) mass is 415 g/mol. The highest BCUT2D eigenvalue weighted by molar-refractivity contribution is 6.30. The zero-order valence-corrected chi connectivity index (χ0v) is 16.9. The molecule has 0 saturated heterocycles. The summed E-state index contributed by atoms with van der Waals surface area (Å²) in [4.78, 5) is 26.0. The second kappa shape index (κ2) is 8.35. The molecule has 3 aromatic carbocycles. The third-order valence-electron chi connectivity index (χ3n) is 4.76. The van der Waals surface area contributed by atoms with Gasteiger partial charge in [-0.15, -0.1) is 0 Å². The Kier molecular flexibility index (Phi) is 5.46. The smallest absolute Gasteiger partial charge is 0.277 e. The summed E-state index contributed by atoms with van der Waals surface area (Å²) in [5.41, 5.74) is 3.36. The molecule has 4 aromatic rings. The third kappa shape index (κ3) is 3.88. The van der Waals surface area contributed by atoms with Crippen LogP contribution in [0.5, 0.6) is 0 Å².